The molecule has 0 radical (unpaired) electrons. The monoisotopic (exact) mass is 248 g/mol. The van der Waals surface area contributed by atoms with Crippen LogP contribution in [0.1, 0.15) is 0 Å². The summed E-state index contributed by atoms with van der Waals surface area (Å²) in [5, 5.41) is 5.04. The van der Waals surface area contributed by atoms with E-state index in [4.69, 9.17) is 0 Å². The van der Waals surface area contributed by atoms with Crippen LogP contribution >= 0.6 is 0 Å². The number of fused-ring (bicyclic) bond motifs is 1. The zero-order valence-electron chi connectivity index (χ0n) is 10.2. The molecular weight excluding hydrogens is 236 g/mol. The first-order chi connectivity index (χ1) is 9.40. The van der Waals surface area contributed by atoms with Crippen molar-refractivity contribution in [2.75, 3.05) is 5.43 Å². The van der Waals surface area contributed by atoms with E-state index in [1.54, 1.807) is 0 Å². The fraction of sp³-hybridized carbons (Fsp3) is 0. The van der Waals surface area contributed by atoms with Crippen LogP contribution < -0.4 is 5.43 Å². The van der Waals surface area contributed by atoms with Crippen LogP contribution in [0, 0.1) is 4.91 Å². The van der Waals surface area contributed by atoms with Crippen LogP contribution in [0.25, 0.3) is 21.9 Å². The van der Waals surface area contributed by atoms with E-state index in [2.05, 4.69) is 16.8 Å². The summed E-state index contributed by atoms with van der Waals surface area (Å²) >= 11 is 0. The van der Waals surface area contributed by atoms with Crippen LogP contribution in [0.5, 0.6) is 0 Å². The van der Waals surface area contributed by atoms with Crippen LogP contribution in [0.15, 0.2) is 72.0 Å². The SMILES string of the molecule is O=NNc1ccc2ccccc2c1-c1ccccc1. The van der Waals surface area contributed by atoms with Gasteiger partial charge in [-0.15, -0.1) is 4.91 Å². The van der Waals surface area contributed by atoms with E-state index < -0.39 is 0 Å². The van der Waals surface area contributed by atoms with Crippen molar-refractivity contribution in [3.63, 3.8) is 0 Å². The summed E-state index contributed by atoms with van der Waals surface area (Å²) in [5.74, 6) is 0. The average Bonchev–Trinajstić information content (AvgIpc) is 2.48. The van der Waals surface area contributed by atoms with Crippen LogP contribution in [0.2, 0.25) is 0 Å². The second-order valence-corrected chi connectivity index (χ2v) is 4.28. The maximum Gasteiger partial charge on any atom is 0.0678 e. The van der Waals surface area contributed by atoms with Crippen molar-refractivity contribution >= 4 is 16.5 Å². The van der Waals surface area contributed by atoms with E-state index >= 15 is 0 Å². The minimum Gasteiger partial charge on any atom is -0.242 e. The minimum atomic E-state index is 0.722. The first-order valence-corrected chi connectivity index (χ1v) is 6.05. The van der Waals surface area contributed by atoms with Gasteiger partial charge in [-0.3, -0.25) is 0 Å². The molecule has 3 nitrogen and oxygen atoms in total. The molecule has 0 saturated carbocycles. The number of hydrogen-bond donors (Lipinski definition) is 1. The average molecular weight is 248 g/mol. The lowest BCUT2D eigenvalue weighted by Gasteiger charge is -2.11. The molecule has 1 N–H and O–H groups in total. The number of nitrogens with zero attached hydrogens (tertiary/aromatic N) is 1. The van der Waals surface area contributed by atoms with E-state index in [9.17, 15) is 4.91 Å². The van der Waals surface area contributed by atoms with Crippen molar-refractivity contribution in [3.05, 3.63) is 71.6 Å². The maximum absolute atomic E-state index is 10.5. The van der Waals surface area contributed by atoms with Crippen LogP contribution in [-0.2, 0) is 0 Å². The highest BCUT2D eigenvalue weighted by atomic mass is 16.3. The lowest BCUT2D eigenvalue weighted by molar-refractivity contribution is 1.32. The highest BCUT2D eigenvalue weighted by Crippen LogP contribution is 2.35. The number of hydrogen-bond acceptors (Lipinski definition) is 2. The van der Waals surface area contributed by atoms with Gasteiger partial charge in [-0.2, -0.15) is 0 Å². The van der Waals surface area contributed by atoms with E-state index in [1.807, 2.05) is 60.7 Å². The molecule has 0 heterocycles. The Morgan fingerprint density at radius 3 is 2.32 bits per heavy atom. The van der Waals surface area contributed by atoms with Crippen molar-refractivity contribution in [1.29, 1.82) is 0 Å². The van der Waals surface area contributed by atoms with Crippen molar-refractivity contribution in [2.45, 2.75) is 0 Å². The fourth-order valence-corrected chi connectivity index (χ4v) is 2.33. The Kier molecular flexibility index (Phi) is 2.94. The van der Waals surface area contributed by atoms with Gasteiger partial charge in [0.15, 0.2) is 0 Å². The van der Waals surface area contributed by atoms with Gasteiger partial charge in [0.05, 0.1) is 11.0 Å². The second kappa shape index (κ2) is 4.90. The molecule has 0 fully saturated rings. The van der Waals surface area contributed by atoms with Crippen molar-refractivity contribution in [2.24, 2.45) is 5.29 Å². The predicted molar refractivity (Wildman–Crippen MR) is 78.8 cm³/mol. The van der Waals surface area contributed by atoms with Gasteiger partial charge in [-0.1, -0.05) is 60.7 Å². The smallest absolute Gasteiger partial charge is 0.0678 e. The summed E-state index contributed by atoms with van der Waals surface area (Å²) in [6.45, 7) is 0. The molecule has 0 aromatic heterocycles. The fourth-order valence-electron chi connectivity index (χ4n) is 2.33. The summed E-state index contributed by atoms with van der Waals surface area (Å²) in [4.78, 5) is 10.5. The topological polar surface area (TPSA) is 41.5 Å². The highest BCUT2D eigenvalue weighted by molar-refractivity contribution is 6.02. The predicted octanol–water partition coefficient (Wildman–Crippen LogP) is 4.60. The molecule has 0 spiro atoms. The third kappa shape index (κ3) is 2.06. The molecule has 0 saturated heterocycles. The van der Waals surface area contributed by atoms with Gasteiger partial charge in [0, 0.05) is 5.56 Å². The number of rotatable bonds is 3. The first-order valence-electron chi connectivity index (χ1n) is 6.05. The van der Waals surface area contributed by atoms with Crippen LogP contribution in [0.4, 0.5) is 5.69 Å². The lowest BCUT2D eigenvalue weighted by atomic mass is 9.96. The number of nitrogens with one attached hydrogen (secondary N) is 1. The van der Waals surface area contributed by atoms with Gasteiger partial charge >= 0.3 is 0 Å². The standard InChI is InChI=1S/C16H12N2O/c19-18-17-15-11-10-12-6-4-5-9-14(12)16(15)13-7-2-1-3-8-13/h1-11H,(H,17,19). The van der Waals surface area contributed by atoms with Gasteiger partial charge in [0.2, 0.25) is 0 Å². The molecule has 0 amide bonds. The van der Waals surface area contributed by atoms with Gasteiger partial charge < -0.3 is 0 Å². The third-order valence-corrected chi connectivity index (χ3v) is 3.16. The summed E-state index contributed by atoms with van der Waals surface area (Å²) in [5.41, 5.74) is 5.32. The molecule has 3 aromatic carbocycles. The molecule has 0 unspecified atom stereocenters. The molecule has 19 heavy (non-hydrogen) atoms. The third-order valence-electron chi connectivity index (χ3n) is 3.16. The van der Waals surface area contributed by atoms with Crippen molar-refractivity contribution in [1.82, 2.24) is 0 Å². The zero-order valence-corrected chi connectivity index (χ0v) is 10.2. The lowest BCUT2D eigenvalue weighted by Crippen LogP contribution is -1.91. The Balaban J connectivity index is 2.35. The number of benzene rings is 3. The van der Waals surface area contributed by atoms with Crippen LogP contribution in [0.3, 0.4) is 0 Å². The maximum atomic E-state index is 10.5. The van der Waals surface area contributed by atoms with E-state index in [-0.39, 0.29) is 0 Å². The number of anilines is 1. The molecule has 0 aliphatic carbocycles. The molecule has 0 aliphatic rings. The Morgan fingerprint density at radius 1 is 0.789 bits per heavy atom. The summed E-state index contributed by atoms with van der Waals surface area (Å²) < 4.78 is 0. The molecule has 92 valence electrons. The molecule has 0 bridgehead atoms. The largest absolute Gasteiger partial charge is 0.242 e. The Bertz CT molecular complexity index is 723. The molecule has 3 aromatic rings. The van der Waals surface area contributed by atoms with Gasteiger partial charge in [-0.25, -0.2) is 5.43 Å². The van der Waals surface area contributed by atoms with E-state index in [0.29, 0.717) is 0 Å². The van der Waals surface area contributed by atoms with E-state index in [0.717, 1.165) is 27.6 Å². The Labute approximate surface area is 110 Å². The van der Waals surface area contributed by atoms with Gasteiger partial charge in [0.25, 0.3) is 0 Å². The Hall–Kier alpha value is -2.68. The normalized spacial score (nSPS) is 10.3. The Morgan fingerprint density at radius 2 is 1.53 bits per heavy atom. The second-order valence-electron chi connectivity index (χ2n) is 4.28. The highest BCUT2D eigenvalue weighted by Gasteiger charge is 2.09. The summed E-state index contributed by atoms with van der Waals surface area (Å²) in [6.07, 6.45) is 0. The van der Waals surface area contributed by atoms with Gasteiger partial charge in [-0.05, 0) is 22.4 Å². The quantitative estimate of drug-likeness (QED) is 0.543. The van der Waals surface area contributed by atoms with Crippen molar-refractivity contribution in [3.8, 4) is 11.1 Å². The summed E-state index contributed by atoms with van der Waals surface area (Å²) in [7, 11) is 0. The number of nitroso groups, excluding NO2 is 1. The zero-order chi connectivity index (χ0) is 13.1. The van der Waals surface area contributed by atoms with Crippen LogP contribution in [-0.4, -0.2) is 0 Å². The summed E-state index contributed by atoms with van der Waals surface area (Å²) in [6, 6.07) is 21.9. The molecule has 0 atom stereocenters. The first kappa shape index (κ1) is 11.4. The van der Waals surface area contributed by atoms with E-state index in [1.165, 1.54) is 0 Å². The minimum absolute atomic E-state index is 0.722. The molecule has 0 aliphatic heterocycles. The van der Waals surface area contributed by atoms with Crippen molar-refractivity contribution < 1.29 is 0 Å². The molecule has 3 rings (SSSR count). The molecule has 3 heteroatoms. The van der Waals surface area contributed by atoms with Gasteiger partial charge in [0.1, 0.15) is 0 Å². The molecular formula is C16H12N2O.